The predicted molar refractivity (Wildman–Crippen MR) is 70.3 cm³/mol. The Morgan fingerprint density at radius 2 is 2.27 bits per heavy atom. The highest BCUT2D eigenvalue weighted by atomic mass is 79.9. The highest BCUT2D eigenvalue weighted by Gasteiger charge is 2.05. The molecule has 0 amide bonds. The monoisotopic (exact) mass is 306 g/mol. The van der Waals surface area contributed by atoms with Gasteiger partial charge in [0.05, 0.1) is 5.88 Å². The molecule has 82 valence electrons. The lowest BCUT2D eigenvalue weighted by molar-refractivity contribution is -0.116. The zero-order valence-electron chi connectivity index (χ0n) is 8.43. The van der Waals surface area contributed by atoms with E-state index >= 15 is 0 Å². The molecule has 1 aromatic rings. The summed E-state index contributed by atoms with van der Waals surface area (Å²) in [6.45, 7) is 0. The van der Waals surface area contributed by atoms with E-state index < -0.39 is 0 Å². The van der Waals surface area contributed by atoms with Gasteiger partial charge in [-0.25, -0.2) is 0 Å². The Kier molecular flexibility index (Phi) is 5.72. The molecule has 15 heavy (non-hydrogen) atoms. The van der Waals surface area contributed by atoms with Gasteiger partial charge in [-0.3, -0.25) is 4.79 Å². The van der Waals surface area contributed by atoms with E-state index in [0.717, 1.165) is 10.9 Å². The summed E-state index contributed by atoms with van der Waals surface area (Å²) in [6.07, 6.45) is 2.48. The standard InChI is InChI=1S/C11H12BrClOS/c1-15-11-3-2-8(4-9(11)6-12)5-10(14)7-13/h2-4H,5-7H2,1H3. The first-order valence-corrected chi connectivity index (χ1v) is 7.38. The van der Waals surface area contributed by atoms with Crippen molar-refractivity contribution in [1.29, 1.82) is 0 Å². The van der Waals surface area contributed by atoms with Gasteiger partial charge in [0.15, 0.2) is 5.78 Å². The molecule has 0 aliphatic carbocycles. The first kappa shape index (κ1) is 13.1. The van der Waals surface area contributed by atoms with E-state index in [9.17, 15) is 4.79 Å². The molecule has 0 atom stereocenters. The van der Waals surface area contributed by atoms with Crippen molar-refractivity contribution in [3.05, 3.63) is 29.3 Å². The predicted octanol–water partition coefficient (Wildman–Crippen LogP) is 3.65. The topological polar surface area (TPSA) is 17.1 Å². The number of halogens is 2. The van der Waals surface area contributed by atoms with Crippen LogP contribution in [0.3, 0.4) is 0 Å². The number of alkyl halides is 2. The molecule has 0 saturated heterocycles. The lowest BCUT2D eigenvalue weighted by atomic mass is 10.1. The molecule has 0 spiro atoms. The summed E-state index contributed by atoms with van der Waals surface area (Å²) < 4.78 is 0. The molecular formula is C11H12BrClOS. The minimum atomic E-state index is 0.0640. The number of benzene rings is 1. The third-order valence-corrected chi connectivity index (χ3v) is 3.78. The molecule has 0 heterocycles. The highest BCUT2D eigenvalue weighted by molar-refractivity contribution is 9.08. The summed E-state index contributed by atoms with van der Waals surface area (Å²) in [5.41, 5.74) is 2.26. The Morgan fingerprint density at radius 3 is 2.80 bits per heavy atom. The molecule has 0 saturated carbocycles. The minimum Gasteiger partial charge on any atom is -0.298 e. The van der Waals surface area contributed by atoms with Crippen molar-refractivity contribution in [2.24, 2.45) is 0 Å². The van der Waals surface area contributed by atoms with Crippen LogP contribution in [0, 0.1) is 0 Å². The smallest absolute Gasteiger partial charge is 0.151 e. The van der Waals surface area contributed by atoms with Crippen molar-refractivity contribution < 1.29 is 4.79 Å². The van der Waals surface area contributed by atoms with Gasteiger partial charge in [-0.05, 0) is 23.4 Å². The Morgan fingerprint density at radius 1 is 1.53 bits per heavy atom. The zero-order valence-corrected chi connectivity index (χ0v) is 11.6. The number of rotatable bonds is 5. The first-order valence-electron chi connectivity index (χ1n) is 4.50. The van der Waals surface area contributed by atoms with Crippen LogP contribution in [0.5, 0.6) is 0 Å². The van der Waals surface area contributed by atoms with Gasteiger partial charge in [-0.15, -0.1) is 23.4 Å². The van der Waals surface area contributed by atoms with E-state index in [2.05, 4.69) is 28.1 Å². The molecule has 0 radical (unpaired) electrons. The molecule has 0 aliphatic rings. The normalized spacial score (nSPS) is 10.3. The Balaban J connectivity index is 2.88. The summed E-state index contributed by atoms with van der Waals surface area (Å²) in [5.74, 6) is 0.155. The molecule has 0 fully saturated rings. The largest absolute Gasteiger partial charge is 0.298 e. The van der Waals surface area contributed by atoms with Gasteiger partial charge in [-0.2, -0.15) is 0 Å². The van der Waals surface area contributed by atoms with E-state index in [4.69, 9.17) is 11.6 Å². The molecule has 0 N–H and O–H groups in total. The van der Waals surface area contributed by atoms with E-state index in [0.29, 0.717) is 6.42 Å². The van der Waals surface area contributed by atoms with Crippen molar-refractivity contribution in [3.8, 4) is 0 Å². The first-order chi connectivity index (χ1) is 7.21. The highest BCUT2D eigenvalue weighted by Crippen LogP contribution is 2.24. The fourth-order valence-corrected chi connectivity index (χ4v) is 2.66. The van der Waals surface area contributed by atoms with Crippen LogP contribution in [0.2, 0.25) is 0 Å². The zero-order chi connectivity index (χ0) is 11.3. The number of hydrogen-bond acceptors (Lipinski definition) is 2. The van der Waals surface area contributed by atoms with Crippen LogP contribution in [0.25, 0.3) is 0 Å². The average molecular weight is 308 g/mol. The number of thioether (sulfide) groups is 1. The number of carbonyl (C=O) groups is 1. The van der Waals surface area contributed by atoms with Gasteiger partial charge in [0.1, 0.15) is 0 Å². The second kappa shape index (κ2) is 6.56. The molecule has 0 aliphatic heterocycles. The summed E-state index contributed by atoms with van der Waals surface area (Å²) in [4.78, 5) is 12.4. The van der Waals surface area contributed by atoms with Crippen molar-refractivity contribution in [2.75, 3.05) is 12.1 Å². The summed E-state index contributed by atoms with van der Waals surface area (Å²) in [6, 6.07) is 6.10. The number of hydrogen-bond donors (Lipinski definition) is 0. The van der Waals surface area contributed by atoms with E-state index in [1.807, 2.05) is 12.3 Å². The van der Waals surface area contributed by atoms with Gasteiger partial charge < -0.3 is 0 Å². The SMILES string of the molecule is CSc1ccc(CC(=O)CCl)cc1CBr. The Labute approximate surface area is 108 Å². The maximum atomic E-state index is 11.2. The van der Waals surface area contributed by atoms with Crippen LogP contribution in [0.15, 0.2) is 23.1 Å². The van der Waals surface area contributed by atoms with Crippen molar-refractivity contribution in [2.45, 2.75) is 16.6 Å². The van der Waals surface area contributed by atoms with Crippen molar-refractivity contribution >= 4 is 45.1 Å². The molecule has 1 aromatic carbocycles. The number of ketones is 1. The van der Waals surface area contributed by atoms with Gasteiger partial charge in [0.2, 0.25) is 0 Å². The molecule has 0 aromatic heterocycles. The number of Topliss-reactive ketones (excluding diaryl/α,β-unsaturated/α-hetero) is 1. The quantitative estimate of drug-likeness (QED) is 0.610. The molecular weight excluding hydrogens is 296 g/mol. The van der Waals surface area contributed by atoms with Crippen LogP contribution >= 0.6 is 39.3 Å². The van der Waals surface area contributed by atoms with Gasteiger partial charge in [-0.1, -0.05) is 28.1 Å². The lowest BCUT2D eigenvalue weighted by Crippen LogP contribution is -2.04. The van der Waals surface area contributed by atoms with Crippen molar-refractivity contribution in [3.63, 3.8) is 0 Å². The summed E-state index contributed by atoms with van der Waals surface area (Å²) in [5, 5.41) is 0.812. The Bertz CT molecular complexity index is 354. The number of carbonyl (C=O) groups excluding carboxylic acids is 1. The van der Waals surface area contributed by atoms with Crippen LogP contribution < -0.4 is 0 Å². The van der Waals surface area contributed by atoms with Gasteiger partial charge >= 0.3 is 0 Å². The maximum absolute atomic E-state index is 11.2. The van der Waals surface area contributed by atoms with Crippen LogP contribution in [-0.4, -0.2) is 17.9 Å². The average Bonchev–Trinajstić information content (AvgIpc) is 2.28. The molecule has 1 rings (SSSR count). The van der Waals surface area contributed by atoms with Gasteiger partial charge in [0.25, 0.3) is 0 Å². The van der Waals surface area contributed by atoms with Gasteiger partial charge in [0, 0.05) is 16.6 Å². The second-order valence-corrected chi connectivity index (χ2v) is 4.80. The third kappa shape index (κ3) is 3.82. The molecule has 4 heteroatoms. The fraction of sp³-hybridized carbons (Fsp3) is 0.364. The Hall–Kier alpha value is 0.01000. The molecule has 0 unspecified atom stereocenters. The summed E-state index contributed by atoms with van der Waals surface area (Å²) >= 11 is 10.6. The van der Waals surface area contributed by atoms with E-state index in [-0.39, 0.29) is 11.7 Å². The van der Waals surface area contributed by atoms with Crippen LogP contribution in [0.4, 0.5) is 0 Å². The lowest BCUT2D eigenvalue weighted by Gasteiger charge is -2.06. The second-order valence-electron chi connectivity index (χ2n) is 3.13. The van der Waals surface area contributed by atoms with Crippen LogP contribution in [0.1, 0.15) is 11.1 Å². The van der Waals surface area contributed by atoms with Crippen molar-refractivity contribution in [1.82, 2.24) is 0 Å². The third-order valence-electron chi connectivity index (χ3n) is 2.04. The van der Waals surface area contributed by atoms with Crippen LogP contribution in [-0.2, 0) is 16.5 Å². The molecule has 0 bridgehead atoms. The van der Waals surface area contributed by atoms with E-state index in [1.54, 1.807) is 11.8 Å². The fourth-order valence-electron chi connectivity index (χ4n) is 1.32. The minimum absolute atomic E-state index is 0.0640. The summed E-state index contributed by atoms with van der Waals surface area (Å²) in [7, 11) is 0. The maximum Gasteiger partial charge on any atom is 0.151 e. The molecule has 1 nitrogen and oxygen atoms in total. The van der Waals surface area contributed by atoms with E-state index in [1.165, 1.54) is 10.5 Å².